The van der Waals surface area contributed by atoms with Crippen molar-refractivity contribution in [1.29, 1.82) is 0 Å². The van der Waals surface area contributed by atoms with E-state index >= 15 is 0 Å². The van der Waals surface area contributed by atoms with E-state index in [0.29, 0.717) is 6.42 Å². The molecule has 0 bridgehead atoms. The third-order valence-corrected chi connectivity index (χ3v) is 2.02. The molecule has 1 aromatic rings. The Morgan fingerprint density at radius 3 is 2.27 bits per heavy atom. The Hall–Kier alpha value is -1.29. The highest BCUT2D eigenvalue weighted by Crippen LogP contribution is 2.17. The quantitative estimate of drug-likeness (QED) is 0.820. The summed E-state index contributed by atoms with van der Waals surface area (Å²) in [6, 6.07) is 9.00. The molecule has 0 saturated carbocycles. The molecule has 1 aromatic carbocycles. The average Bonchev–Trinajstić information content (AvgIpc) is 2.26. The van der Waals surface area contributed by atoms with Gasteiger partial charge in [-0.2, -0.15) is 8.78 Å². The first-order chi connectivity index (χ1) is 7.11. The van der Waals surface area contributed by atoms with Crippen LogP contribution in [0.25, 0.3) is 0 Å². The number of aliphatic hydroxyl groups is 1. The van der Waals surface area contributed by atoms with Crippen molar-refractivity contribution < 1.29 is 18.3 Å². The van der Waals surface area contributed by atoms with Crippen molar-refractivity contribution >= 4 is 0 Å². The summed E-state index contributed by atoms with van der Waals surface area (Å²) in [5.41, 5.74) is 0.878. The highest BCUT2D eigenvalue weighted by atomic mass is 19.3. The van der Waals surface area contributed by atoms with Gasteiger partial charge in [0.1, 0.15) is 6.10 Å². The molecule has 0 aliphatic carbocycles. The van der Waals surface area contributed by atoms with E-state index in [-0.39, 0.29) is 6.42 Å². The monoisotopic (exact) mass is 216 g/mol. The summed E-state index contributed by atoms with van der Waals surface area (Å²) in [6.07, 6.45) is -3.85. The van der Waals surface area contributed by atoms with Gasteiger partial charge in [0.2, 0.25) is 0 Å². The van der Waals surface area contributed by atoms with Crippen molar-refractivity contribution in [3.63, 3.8) is 0 Å². The fraction of sp³-hybridized carbons (Fsp3) is 0.273. The third-order valence-electron chi connectivity index (χ3n) is 2.02. The second kappa shape index (κ2) is 5.56. The Labute approximate surface area is 85.9 Å². The van der Waals surface area contributed by atoms with E-state index in [2.05, 4.69) is 0 Å². The Kier molecular flexibility index (Phi) is 4.37. The van der Waals surface area contributed by atoms with Gasteiger partial charge < -0.3 is 5.11 Å². The van der Waals surface area contributed by atoms with E-state index < -0.39 is 18.0 Å². The molecule has 0 amide bonds. The molecule has 1 unspecified atom stereocenters. The van der Waals surface area contributed by atoms with Crippen LogP contribution in [0.15, 0.2) is 42.2 Å². The minimum absolute atomic E-state index is 0.0484. The molecule has 0 heterocycles. The first-order valence-electron chi connectivity index (χ1n) is 4.54. The highest BCUT2D eigenvalue weighted by molar-refractivity contribution is 5.15. The number of hydrogen-bond acceptors (Lipinski definition) is 1. The lowest BCUT2D eigenvalue weighted by atomic mass is 10.1. The second-order valence-corrected chi connectivity index (χ2v) is 3.15. The van der Waals surface area contributed by atoms with E-state index in [1.54, 1.807) is 24.3 Å². The van der Waals surface area contributed by atoms with Gasteiger partial charge in [-0.25, -0.2) is 4.39 Å². The van der Waals surface area contributed by atoms with E-state index in [1.165, 1.54) is 0 Å². The summed E-state index contributed by atoms with van der Waals surface area (Å²) in [5.74, 6) is -1.73. The molecule has 0 spiro atoms. The van der Waals surface area contributed by atoms with E-state index in [9.17, 15) is 13.2 Å². The molecule has 0 aliphatic rings. The summed E-state index contributed by atoms with van der Waals surface area (Å²) in [7, 11) is 0. The maximum Gasteiger partial charge on any atom is 0.304 e. The number of halogens is 3. The predicted molar refractivity (Wildman–Crippen MR) is 51.1 cm³/mol. The van der Waals surface area contributed by atoms with Crippen LogP contribution in [0.3, 0.4) is 0 Å². The van der Waals surface area contributed by atoms with Crippen LogP contribution in [0.1, 0.15) is 12.0 Å². The van der Waals surface area contributed by atoms with Crippen molar-refractivity contribution in [3.05, 3.63) is 47.8 Å². The molecular formula is C11H11F3O. The molecule has 1 rings (SSSR count). The first-order valence-corrected chi connectivity index (χ1v) is 4.54. The number of hydrogen-bond donors (Lipinski definition) is 1. The van der Waals surface area contributed by atoms with E-state index in [4.69, 9.17) is 5.11 Å². The molecule has 82 valence electrons. The van der Waals surface area contributed by atoms with Crippen LogP contribution in [0.5, 0.6) is 0 Å². The van der Waals surface area contributed by atoms with E-state index in [0.717, 1.165) is 5.56 Å². The molecule has 0 aromatic heterocycles. The van der Waals surface area contributed by atoms with Crippen LogP contribution in [-0.4, -0.2) is 11.2 Å². The molecule has 0 saturated heterocycles. The topological polar surface area (TPSA) is 20.2 Å². The maximum absolute atomic E-state index is 12.5. The Morgan fingerprint density at radius 1 is 1.13 bits per heavy atom. The lowest BCUT2D eigenvalue weighted by molar-refractivity contribution is 0.159. The minimum Gasteiger partial charge on any atom is -0.386 e. The Morgan fingerprint density at radius 2 is 1.73 bits per heavy atom. The molecule has 4 heteroatoms. The number of rotatable bonds is 4. The van der Waals surface area contributed by atoms with Crippen molar-refractivity contribution in [2.24, 2.45) is 0 Å². The van der Waals surface area contributed by atoms with Gasteiger partial charge >= 0.3 is 6.08 Å². The van der Waals surface area contributed by atoms with Gasteiger partial charge in [-0.3, -0.25) is 0 Å². The molecule has 1 N–H and O–H groups in total. The molecule has 1 atom stereocenters. The van der Waals surface area contributed by atoms with Crippen LogP contribution >= 0.6 is 0 Å². The van der Waals surface area contributed by atoms with Crippen LogP contribution in [0.4, 0.5) is 13.2 Å². The largest absolute Gasteiger partial charge is 0.386 e. The highest BCUT2D eigenvalue weighted by Gasteiger charge is 2.16. The van der Waals surface area contributed by atoms with Gasteiger partial charge in [0.25, 0.3) is 0 Å². The zero-order valence-electron chi connectivity index (χ0n) is 7.96. The van der Waals surface area contributed by atoms with Crippen molar-refractivity contribution in [2.45, 2.75) is 18.9 Å². The minimum atomic E-state index is -2.45. The number of aliphatic hydroxyl groups excluding tert-OH is 1. The summed E-state index contributed by atoms with van der Waals surface area (Å²) in [5, 5.41) is 9.04. The van der Waals surface area contributed by atoms with Gasteiger partial charge in [-0.15, -0.1) is 0 Å². The van der Waals surface area contributed by atoms with Crippen molar-refractivity contribution in [1.82, 2.24) is 0 Å². The van der Waals surface area contributed by atoms with Gasteiger partial charge in [0.15, 0.2) is 5.83 Å². The van der Waals surface area contributed by atoms with E-state index in [1.807, 2.05) is 6.07 Å². The SMILES string of the molecule is OC(CCc1ccccc1)C(F)=C(F)F. The molecule has 15 heavy (non-hydrogen) atoms. The fourth-order valence-electron chi connectivity index (χ4n) is 1.20. The van der Waals surface area contributed by atoms with Crippen LogP contribution in [0, 0.1) is 0 Å². The normalized spacial score (nSPS) is 12.3. The first kappa shape index (κ1) is 11.8. The maximum atomic E-state index is 12.5. The van der Waals surface area contributed by atoms with Gasteiger partial charge in [-0.05, 0) is 18.4 Å². The molecule has 0 aliphatic heterocycles. The molecule has 0 radical (unpaired) electrons. The number of benzene rings is 1. The van der Waals surface area contributed by atoms with Gasteiger partial charge in [0, 0.05) is 0 Å². The summed E-state index contributed by atoms with van der Waals surface area (Å²) < 4.78 is 36.0. The van der Waals surface area contributed by atoms with Crippen molar-refractivity contribution in [3.8, 4) is 0 Å². The summed E-state index contributed by atoms with van der Waals surface area (Å²) in [6.45, 7) is 0. The average molecular weight is 216 g/mol. The lowest BCUT2D eigenvalue weighted by Crippen LogP contribution is -2.09. The molecule has 0 fully saturated rings. The van der Waals surface area contributed by atoms with Gasteiger partial charge in [0.05, 0.1) is 0 Å². The van der Waals surface area contributed by atoms with Crippen LogP contribution in [-0.2, 0) is 6.42 Å². The van der Waals surface area contributed by atoms with Crippen LogP contribution in [0.2, 0.25) is 0 Å². The Balaban J connectivity index is 2.48. The van der Waals surface area contributed by atoms with Crippen LogP contribution < -0.4 is 0 Å². The molecule has 1 nitrogen and oxygen atoms in total. The van der Waals surface area contributed by atoms with Gasteiger partial charge in [-0.1, -0.05) is 30.3 Å². The Bertz CT molecular complexity index is 331. The second-order valence-electron chi connectivity index (χ2n) is 3.15. The summed E-state index contributed by atoms with van der Waals surface area (Å²) >= 11 is 0. The summed E-state index contributed by atoms with van der Waals surface area (Å²) in [4.78, 5) is 0. The predicted octanol–water partition coefficient (Wildman–Crippen LogP) is 3.06. The smallest absolute Gasteiger partial charge is 0.304 e. The lowest BCUT2D eigenvalue weighted by Gasteiger charge is -2.07. The zero-order chi connectivity index (χ0) is 11.3. The number of aryl methyl sites for hydroxylation is 1. The standard InChI is InChI=1S/C11H11F3O/c12-10(11(13)14)9(15)7-6-8-4-2-1-3-5-8/h1-5,9,15H,6-7H2. The molecular weight excluding hydrogens is 205 g/mol. The fourth-order valence-corrected chi connectivity index (χ4v) is 1.20. The third kappa shape index (κ3) is 3.75. The zero-order valence-corrected chi connectivity index (χ0v) is 7.96. The van der Waals surface area contributed by atoms with Crippen molar-refractivity contribution in [2.75, 3.05) is 0 Å².